The van der Waals surface area contributed by atoms with E-state index in [2.05, 4.69) is 20.9 Å². The highest BCUT2D eigenvalue weighted by atomic mass is 79.9. The lowest BCUT2D eigenvalue weighted by molar-refractivity contribution is -0.129. The molecule has 0 N–H and O–H groups in total. The lowest BCUT2D eigenvalue weighted by Gasteiger charge is -2.21. The minimum absolute atomic E-state index is 0.117. The highest BCUT2D eigenvalue weighted by molar-refractivity contribution is 9.10. The molecule has 0 bridgehead atoms. The normalized spacial score (nSPS) is 12.0. The van der Waals surface area contributed by atoms with Crippen LogP contribution in [0.15, 0.2) is 58.2 Å². The first-order chi connectivity index (χ1) is 10.1. The highest BCUT2D eigenvalue weighted by Crippen LogP contribution is 2.26. The Kier molecular flexibility index (Phi) is 5.82. The molecule has 3 nitrogen and oxygen atoms in total. The zero-order valence-corrected chi connectivity index (χ0v) is 14.4. The summed E-state index contributed by atoms with van der Waals surface area (Å²) in [6.45, 7) is 2.52. The standard InChI is InChI=1S/C16H17BrN2OS/c1-12(21-15-7-5-14(17)6-8-15)16(20)19(2)11-13-4-3-9-18-10-13/h3-10,12H,11H2,1-2H3. The fraction of sp³-hybridized carbons (Fsp3) is 0.250. The number of halogens is 1. The van der Waals surface area contributed by atoms with Crippen molar-refractivity contribution in [3.63, 3.8) is 0 Å². The zero-order chi connectivity index (χ0) is 15.2. The molecule has 0 spiro atoms. The van der Waals surface area contributed by atoms with Gasteiger partial charge in [-0.2, -0.15) is 0 Å². The Morgan fingerprint density at radius 3 is 2.67 bits per heavy atom. The molecule has 0 saturated heterocycles. The van der Waals surface area contributed by atoms with Crippen LogP contribution in [0, 0.1) is 0 Å². The smallest absolute Gasteiger partial charge is 0.235 e. The number of hydrogen-bond acceptors (Lipinski definition) is 3. The van der Waals surface area contributed by atoms with E-state index < -0.39 is 0 Å². The third kappa shape index (κ3) is 4.86. The number of hydrogen-bond donors (Lipinski definition) is 0. The molecule has 0 radical (unpaired) electrons. The molecule has 1 amide bonds. The molecule has 0 saturated carbocycles. The number of carbonyl (C=O) groups is 1. The SMILES string of the molecule is CC(Sc1ccc(Br)cc1)C(=O)N(C)Cc1cccnc1. The Balaban J connectivity index is 1.93. The Morgan fingerprint density at radius 2 is 2.05 bits per heavy atom. The molecular weight excluding hydrogens is 348 g/mol. The van der Waals surface area contributed by atoms with E-state index in [1.165, 1.54) is 0 Å². The molecule has 1 aromatic carbocycles. The summed E-state index contributed by atoms with van der Waals surface area (Å²) in [4.78, 5) is 19.3. The molecule has 2 aromatic rings. The molecule has 1 aromatic heterocycles. The van der Waals surface area contributed by atoms with Gasteiger partial charge in [-0.25, -0.2) is 0 Å². The van der Waals surface area contributed by atoms with E-state index >= 15 is 0 Å². The molecule has 0 fully saturated rings. The van der Waals surface area contributed by atoms with Crippen LogP contribution in [-0.4, -0.2) is 28.1 Å². The molecule has 21 heavy (non-hydrogen) atoms. The number of benzene rings is 1. The first-order valence-corrected chi connectivity index (χ1v) is 8.29. The molecule has 1 heterocycles. The van der Waals surface area contributed by atoms with Gasteiger partial charge in [0.1, 0.15) is 0 Å². The fourth-order valence-corrected chi connectivity index (χ4v) is 3.17. The quantitative estimate of drug-likeness (QED) is 0.752. The Morgan fingerprint density at radius 1 is 1.33 bits per heavy atom. The van der Waals surface area contributed by atoms with Gasteiger partial charge < -0.3 is 4.90 Å². The third-order valence-corrected chi connectivity index (χ3v) is 4.62. The van der Waals surface area contributed by atoms with Crippen molar-refractivity contribution in [1.82, 2.24) is 9.88 Å². The molecule has 0 aliphatic rings. The maximum Gasteiger partial charge on any atom is 0.235 e. The van der Waals surface area contributed by atoms with Gasteiger partial charge in [-0.05, 0) is 42.8 Å². The number of amides is 1. The average Bonchev–Trinajstić information content (AvgIpc) is 2.49. The number of pyridine rings is 1. The second kappa shape index (κ2) is 7.61. The monoisotopic (exact) mass is 364 g/mol. The number of carbonyl (C=O) groups excluding carboxylic acids is 1. The van der Waals surface area contributed by atoms with Crippen molar-refractivity contribution in [3.8, 4) is 0 Å². The topological polar surface area (TPSA) is 33.2 Å². The molecule has 5 heteroatoms. The Hall–Kier alpha value is -1.33. The van der Waals surface area contributed by atoms with Crippen molar-refractivity contribution < 1.29 is 4.79 Å². The van der Waals surface area contributed by atoms with Crippen molar-refractivity contribution >= 4 is 33.6 Å². The van der Waals surface area contributed by atoms with Gasteiger partial charge in [-0.15, -0.1) is 11.8 Å². The van der Waals surface area contributed by atoms with Gasteiger partial charge in [0.15, 0.2) is 0 Å². The van der Waals surface area contributed by atoms with Gasteiger partial charge in [0.05, 0.1) is 5.25 Å². The summed E-state index contributed by atoms with van der Waals surface area (Å²) in [6, 6.07) is 11.9. The summed E-state index contributed by atoms with van der Waals surface area (Å²) in [7, 11) is 1.83. The van der Waals surface area contributed by atoms with Gasteiger partial charge in [-0.1, -0.05) is 22.0 Å². The summed E-state index contributed by atoms with van der Waals surface area (Å²) < 4.78 is 1.04. The van der Waals surface area contributed by atoms with Gasteiger partial charge in [-0.3, -0.25) is 9.78 Å². The number of nitrogens with zero attached hydrogens (tertiary/aromatic N) is 2. The van der Waals surface area contributed by atoms with Gasteiger partial charge in [0.2, 0.25) is 5.91 Å². The summed E-state index contributed by atoms with van der Waals surface area (Å²) in [5.74, 6) is 0.117. The Bertz CT molecular complexity index is 589. The van der Waals surface area contributed by atoms with Crippen LogP contribution in [0.1, 0.15) is 12.5 Å². The largest absolute Gasteiger partial charge is 0.340 e. The molecule has 2 rings (SSSR count). The minimum atomic E-state index is -0.118. The van der Waals surface area contributed by atoms with E-state index in [4.69, 9.17) is 0 Å². The molecule has 0 aliphatic carbocycles. The van der Waals surface area contributed by atoms with E-state index in [0.29, 0.717) is 6.54 Å². The number of aromatic nitrogens is 1. The number of rotatable bonds is 5. The van der Waals surface area contributed by atoms with E-state index in [9.17, 15) is 4.79 Å². The second-order valence-corrected chi connectivity index (χ2v) is 7.10. The zero-order valence-electron chi connectivity index (χ0n) is 12.0. The third-order valence-electron chi connectivity index (χ3n) is 2.99. The Labute approximate surface area is 137 Å². The summed E-state index contributed by atoms with van der Waals surface area (Å²) in [5.41, 5.74) is 1.04. The maximum absolute atomic E-state index is 12.4. The fourth-order valence-electron chi connectivity index (χ4n) is 1.92. The van der Waals surface area contributed by atoms with Crippen LogP contribution in [0.4, 0.5) is 0 Å². The molecule has 0 aliphatic heterocycles. The second-order valence-electron chi connectivity index (χ2n) is 4.77. The molecule has 1 atom stereocenters. The molecular formula is C16H17BrN2OS. The summed E-state index contributed by atoms with van der Waals surface area (Å²) >= 11 is 4.98. The number of thioether (sulfide) groups is 1. The average molecular weight is 365 g/mol. The van der Waals surface area contributed by atoms with Crippen LogP contribution in [0.2, 0.25) is 0 Å². The van der Waals surface area contributed by atoms with E-state index in [-0.39, 0.29) is 11.2 Å². The lowest BCUT2D eigenvalue weighted by atomic mass is 10.2. The van der Waals surface area contributed by atoms with Crippen molar-refractivity contribution in [2.24, 2.45) is 0 Å². The van der Waals surface area contributed by atoms with Crippen LogP contribution in [0.3, 0.4) is 0 Å². The van der Waals surface area contributed by atoms with Gasteiger partial charge >= 0.3 is 0 Å². The van der Waals surface area contributed by atoms with Crippen LogP contribution in [0.5, 0.6) is 0 Å². The predicted molar refractivity (Wildman–Crippen MR) is 90.2 cm³/mol. The van der Waals surface area contributed by atoms with Crippen molar-refractivity contribution in [3.05, 3.63) is 58.8 Å². The van der Waals surface area contributed by atoms with E-state index in [1.807, 2.05) is 50.4 Å². The van der Waals surface area contributed by atoms with Crippen LogP contribution in [-0.2, 0) is 11.3 Å². The summed E-state index contributed by atoms with van der Waals surface area (Å²) in [5, 5.41) is -0.118. The first kappa shape index (κ1) is 16.0. The lowest BCUT2D eigenvalue weighted by Crippen LogP contribution is -2.32. The van der Waals surface area contributed by atoms with Gasteiger partial charge in [0.25, 0.3) is 0 Å². The summed E-state index contributed by atoms with van der Waals surface area (Å²) in [6.07, 6.45) is 3.52. The molecule has 110 valence electrons. The first-order valence-electron chi connectivity index (χ1n) is 6.62. The predicted octanol–water partition coefficient (Wildman–Crippen LogP) is 3.98. The molecule has 1 unspecified atom stereocenters. The minimum Gasteiger partial charge on any atom is -0.340 e. The van der Waals surface area contributed by atoms with Gasteiger partial charge in [0, 0.05) is 35.4 Å². The van der Waals surface area contributed by atoms with Crippen molar-refractivity contribution in [1.29, 1.82) is 0 Å². The van der Waals surface area contributed by atoms with Crippen molar-refractivity contribution in [2.45, 2.75) is 23.6 Å². The van der Waals surface area contributed by atoms with Crippen LogP contribution in [0.25, 0.3) is 0 Å². The highest BCUT2D eigenvalue weighted by Gasteiger charge is 2.18. The van der Waals surface area contributed by atoms with E-state index in [1.54, 1.807) is 29.1 Å². The maximum atomic E-state index is 12.4. The van der Waals surface area contributed by atoms with Crippen LogP contribution < -0.4 is 0 Å². The van der Waals surface area contributed by atoms with Crippen LogP contribution >= 0.6 is 27.7 Å². The van der Waals surface area contributed by atoms with E-state index in [0.717, 1.165) is 14.9 Å². The van der Waals surface area contributed by atoms with Crippen molar-refractivity contribution in [2.75, 3.05) is 7.05 Å².